The van der Waals surface area contributed by atoms with E-state index in [4.69, 9.17) is 10.2 Å². The molecular weight excluding hydrogens is 175 g/mol. The molecule has 0 aromatic heterocycles. The normalized spacial score (nSPS) is 9.62. The van der Waals surface area contributed by atoms with Crippen molar-refractivity contribution in [2.75, 3.05) is 0 Å². The molecule has 0 spiro atoms. The lowest BCUT2D eigenvalue weighted by Crippen LogP contribution is -2.02. The number of benzene rings is 1. The number of aliphatic hydroxyl groups is 1. The summed E-state index contributed by atoms with van der Waals surface area (Å²) >= 11 is 0. The number of carbonyl (C=O) groups is 1. The zero-order valence-corrected chi connectivity index (χ0v) is 6.62. The molecule has 0 bridgehead atoms. The summed E-state index contributed by atoms with van der Waals surface area (Å²) in [7, 11) is 0. The maximum absolute atomic E-state index is 13.2. The maximum atomic E-state index is 13.2. The summed E-state index contributed by atoms with van der Waals surface area (Å²) < 4.78 is 13.2. The van der Waals surface area contributed by atoms with Crippen molar-refractivity contribution in [2.24, 2.45) is 0 Å². The number of carboxylic acid groups (broad SMARTS) is 1. The molecule has 0 unspecified atom stereocenters. The van der Waals surface area contributed by atoms with Gasteiger partial charge in [-0.15, -0.1) is 0 Å². The highest BCUT2D eigenvalue weighted by Crippen LogP contribution is 2.17. The summed E-state index contributed by atoms with van der Waals surface area (Å²) in [6.07, 6.45) is 0. The van der Waals surface area contributed by atoms with Gasteiger partial charge in [0.25, 0.3) is 0 Å². The van der Waals surface area contributed by atoms with E-state index < -0.39 is 23.1 Å². The smallest absolute Gasteiger partial charge is 0.338 e. The number of halogens is 1. The Bertz CT molecular complexity index is 339. The summed E-state index contributed by atoms with van der Waals surface area (Å²) in [6, 6.07) is 3.71. The van der Waals surface area contributed by atoms with Crippen molar-refractivity contribution in [3.05, 3.63) is 41.7 Å². The third-order valence-electron chi connectivity index (χ3n) is 1.54. The second kappa shape index (κ2) is 3.26. The molecule has 0 amide bonds. The van der Waals surface area contributed by atoms with Crippen molar-refractivity contribution in [1.29, 1.82) is 0 Å². The van der Waals surface area contributed by atoms with E-state index in [9.17, 15) is 9.18 Å². The molecule has 2 N–H and O–H groups in total. The molecule has 0 atom stereocenters. The first-order valence-electron chi connectivity index (χ1n) is 3.44. The van der Waals surface area contributed by atoms with E-state index in [1.165, 1.54) is 12.1 Å². The van der Waals surface area contributed by atoms with Crippen LogP contribution in [0.5, 0.6) is 0 Å². The fourth-order valence-corrected chi connectivity index (χ4v) is 0.920. The van der Waals surface area contributed by atoms with Crippen LogP contribution in [0.3, 0.4) is 0 Å². The predicted molar refractivity (Wildman–Crippen MR) is 45.0 cm³/mol. The van der Waals surface area contributed by atoms with Crippen LogP contribution in [0.25, 0.3) is 5.76 Å². The minimum atomic E-state index is -1.37. The molecule has 4 heteroatoms. The monoisotopic (exact) mass is 182 g/mol. The highest BCUT2D eigenvalue weighted by atomic mass is 19.1. The third kappa shape index (κ3) is 1.66. The zero-order valence-electron chi connectivity index (χ0n) is 6.62. The zero-order chi connectivity index (χ0) is 10.0. The molecule has 0 heterocycles. The van der Waals surface area contributed by atoms with Crippen molar-refractivity contribution in [2.45, 2.75) is 0 Å². The molecule has 0 fully saturated rings. The lowest BCUT2D eigenvalue weighted by atomic mass is 10.1. The Morgan fingerprint density at radius 2 is 1.85 bits per heavy atom. The van der Waals surface area contributed by atoms with Gasteiger partial charge in [0.1, 0.15) is 11.6 Å². The van der Waals surface area contributed by atoms with E-state index in [2.05, 4.69) is 6.58 Å². The van der Waals surface area contributed by atoms with Crippen LogP contribution < -0.4 is 0 Å². The quantitative estimate of drug-likeness (QED) is 0.688. The van der Waals surface area contributed by atoms with Gasteiger partial charge in [0.2, 0.25) is 0 Å². The van der Waals surface area contributed by atoms with E-state index in [-0.39, 0.29) is 5.56 Å². The fraction of sp³-hybridized carbons (Fsp3) is 0. The largest absolute Gasteiger partial charge is 0.508 e. The number of carboxylic acids is 1. The number of aliphatic hydroxyl groups excluding tert-OH is 1. The van der Waals surface area contributed by atoms with Crippen LogP contribution in [0.2, 0.25) is 0 Å². The Morgan fingerprint density at radius 3 is 2.31 bits per heavy atom. The molecule has 68 valence electrons. The molecule has 0 aliphatic rings. The van der Waals surface area contributed by atoms with Crippen molar-refractivity contribution >= 4 is 11.7 Å². The average molecular weight is 182 g/mol. The summed E-state index contributed by atoms with van der Waals surface area (Å²) in [5.41, 5.74) is -0.674. The summed E-state index contributed by atoms with van der Waals surface area (Å²) in [4.78, 5) is 10.4. The summed E-state index contributed by atoms with van der Waals surface area (Å²) in [5.74, 6) is -2.83. The van der Waals surface area contributed by atoms with Gasteiger partial charge in [-0.3, -0.25) is 0 Å². The number of hydrogen-bond donors (Lipinski definition) is 2. The number of aromatic carboxylic acids is 1. The molecule has 0 aliphatic heterocycles. The molecular formula is C9H7FO3. The first-order valence-corrected chi connectivity index (χ1v) is 3.44. The van der Waals surface area contributed by atoms with E-state index in [0.29, 0.717) is 0 Å². The Labute approximate surface area is 73.8 Å². The van der Waals surface area contributed by atoms with Crippen molar-refractivity contribution in [3.8, 4) is 0 Å². The predicted octanol–water partition coefficient (Wildman–Crippen LogP) is 2.05. The number of rotatable bonds is 2. The van der Waals surface area contributed by atoms with Crippen LogP contribution >= 0.6 is 0 Å². The van der Waals surface area contributed by atoms with Gasteiger partial charge < -0.3 is 10.2 Å². The first kappa shape index (κ1) is 9.25. The Kier molecular flexibility index (Phi) is 2.32. The molecule has 3 nitrogen and oxygen atoms in total. The average Bonchev–Trinajstić information content (AvgIpc) is 2.03. The molecule has 1 rings (SSSR count). The fourth-order valence-electron chi connectivity index (χ4n) is 0.920. The molecule has 0 aliphatic carbocycles. The van der Waals surface area contributed by atoms with Crippen LogP contribution in [0.4, 0.5) is 4.39 Å². The van der Waals surface area contributed by atoms with Gasteiger partial charge in [-0.1, -0.05) is 12.6 Å². The van der Waals surface area contributed by atoms with Gasteiger partial charge in [0.15, 0.2) is 0 Å². The van der Waals surface area contributed by atoms with E-state index in [0.717, 1.165) is 6.07 Å². The van der Waals surface area contributed by atoms with Gasteiger partial charge in [-0.05, 0) is 12.1 Å². The minimum Gasteiger partial charge on any atom is -0.508 e. The number of hydrogen-bond acceptors (Lipinski definition) is 2. The van der Waals surface area contributed by atoms with Gasteiger partial charge >= 0.3 is 5.97 Å². The molecule has 0 saturated heterocycles. The maximum Gasteiger partial charge on any atom is 0.338 e. The highest BCUT2D eigenvalue weighted by Gasteiger charge is 2.14. The summed E-state index contributed by atoms with van der Waals surface area (Å²) in [5, 5.41) is 17.4. The highest BCUT2D eigenvalue weighted by molar-refractivity contribution is 5.89. The lowest BCUT2D eigenvalue weighted by Gasteiger charge is -2.02. The topological polar surface area (TPSA) is 57.5 Å². The minimum absolute atomic E-state index is 0.195. The van der Waals surface area contributed by atoms with E-state index in [1.54, 1.807) is 0 Å². The molecule has 0 saturated carbocycles. The lowest BCUT2D eigenvalue weighted by molar-refractivity contribution is 0.0692. The van der Waals surface area contributed by atoms with Crippen LogP contribution in [-0.2, 0) is 0 Å². The van der Waals surface area contributed by atoms with Gasteiger partial charge in [0.05, 0.1) is 11.1 Å². The van der Waals surface area contributed by atoms with Crippen LogP contribution in [0.15, 0.2) is 24.8 Å². The van der Waals surface area contributed by atoms with Crippen LogP contribution in [0, 0.1) is 5.82 Å². The second-order valence-electron chi connectivity index (χ2n) is 2.42. The Balaban J connectivity index is 3.35. The standard InChI is InChI=1S/C9H7FO3/c1-5(11)6-3-2-4-7(8(6)10)9(12)13/h2-4,11H,1H2,(H,12,13). The second-order valence-corrected chi connectivity index (χ2v) is 2.42. The van der Waals surface area contributed by atoms with Crippen LogP contribution in [0.1, 0.15) is 15.9 Å². The van der Waals surface area contributed by atoms with E-state index >= 15 is 0 Å². The van der Waals surface area contributed by atoms with Crippen molar-refractivity contribution < 1.29 is 19.4 Å². The Morgan fingerprint density at radius 1 is 1.31 bits per heavy atom. The first-order chi connectivity index (χ1) is 6.04. The van der Waals surface area contributed by atoms with Crippen molar-refractivity contribution in [1.82, 2.24) is 0 Å². The molecule has 1 aromatic rings. The molecule has 1 aromatic carbocycles. The van der Waals surface area contributed by atoms with Gasteiger partial charge in [0, 0.05) is 0 Å². The summed E-state index contributed by atoms with van der Waals surface area (Å²) in [6.45, 7) is 3.11. The Hall–Kier alpha value is -1.84. The van der Waals surface area contributed by atoms with E-state index in [1.807, 2.05) is 0 Å². The van der Waals surface area contributed by atoms with Crippen LogP contribution in [-0.4, -0.2) is 16.2 Å². The van der Waals surface area contributed by atoms with Crippen molar-refractivity contribution in [3.63, 3.8) is 0 Å². The van der Waals surface area contributed by atoms with Gasteiger partial charge in [-0.2, -0.15) is 0 Å². The molecule has 0 radical (unpaired) electrons. The molecule has 13 heavy (non-hydrogen) atoms. The third-order valence-corrected chi connectivity index (χ3v) is 1.54. The SMILES string of the molecule is C=C(O)c1cccc(C(=O)O)c1F. The van der Waals surface area contributed by atoms with Gasteiger partial charge in [-0.25, -0.2) is 9.18 Å².